The number of hydrogen-bond donors (Lipinski definition) is 2. The Balaban J connectivity index is 4.05. The Morgan fingerprint density at radius 3 is 2.27 bits per heavy atom. The van der Waals surface area contributed by atoms with Gasteiger partial charge in [0.25, 0.3) is 0 Å². The van der Waals surface area contributed by atoms with Gasteiger partial charge in [-0.1, -0.05) is 0 Å². The first-order valence-corrected chi connectivity index (χ1v) is 4.70. The molecule has 0 aliphatic carbocycles. The summed E-state index contributed by atoms with van der Waals surface area (Å²) in [6, 6.07) is 0. The topological polar surface area (TPSA) is 87.2 Å². The van der Waals surface area contributed by atoms with Crippen LogP contribution in [0.2, 0.25) is 0 Å². The molecular formula is C5H13N3O2S. The van der Waals surface area contributed by atoms with Crippen LogP contribution in [0.15, 0.2) is 0 Å². The first kappa shape index (κ1) is 10.4. The van der Waals surface area contributed by atoms with E-state index >= 15 is 0 Å². The first-order chi connectivity index (χ1) is 4.86. The zero-order valence-electron chi connectivity index (χ0n) is 6.66. The minimum Gasteiger partial charge on any atom is -0.388 e. The molecule has 0 saturated carbocycles. The van der Waals surface area contributed by atoms with Gasteiger partial charge in [-0.25, -0.2) is 12.7 Å². The fourth-order valence-corrected chi connectivity index (χ4v) is 1.26. The van der Waals surface area contributed by atoms with E-state index in [4.69, 9.17) is 11.1 Å². The molecule has 11 heavy (non-hydrogen) atoms. The zero-order chi connectivity index (χ0) is 9.07. The van der Waals surface area contributed by atoms with Crippen molar-refractivity contribution in [3.8, 4) is 0 Å². The SMILES string of the molecule is CN(C)S(=O)(=O)CCC(=N)N. The molecule has 0 atom stereocenters. The van der Waals surface area contributed by atoms with Crippen LogP contribution in [0.25, 0.3) is 0 Å². The van der Waals surface area contributed by atoms with Gasteiger partial charge in [-0.2, -0.15) is 0 Å². The van der Waals surface area contributed by atoms with Crippen LogP contribution in [-0.2, 0) is 10.0 Å². The summed E-state index contributed by atoms with van der Waals surface area (Å²) in [7, 11) is -0.273. The zero-order valence-corrected chi connectivity index (χ0v) is 7.48. The standard InChI is InChI=1S/C5H13N3O2S/c1-8(2)11(9,10)4-3-5(6)7/h3-4H2,1-2H3,(H3,6,7). The van der Waals surface area contributed by atoms with Crippen molar-refractivity contribution >= 4 is 15.9 Å². The second-order valence-corrected chi connectivity index (χ2v) is 4.68. The lowest BCUT2D eigenvalue weighted by Gasteiger charge is -2.09. The molecule has 0 heterocycles. The highest BCUT2D eigenvalue weighted by Crippen LogP contribution is 1.95. The number of nitrogens with two attached hydrogens (primary N) is 1. The smallest absolute Gasteiger partial charge is 0.214 e. The molecule has 0 rings (SSSR count). The molecule has 6 heteroatoms. The fraction of sp³-hybridized carbons (Fsp3) is 0.800. The van der Waals surface area contributed by atoms with E-state index in [1.54, 1.807) is 0 Å². The van der Waals surface area contributed by atoms with Gasteiger partial charge in [-0.05, 0) is 0 Å². The van der Waals surface area contributed by atoms with Crippen LogP contribution in [0.3, 0.4) is 0 Å². The minimum atomic E-state index is -3.18. The Labute approximate surface area is 66.7 Å². The molecule has 0 amide bonds. The Hall–Kier alpha value is -0.620. The summed E-state index contributed by atoms with van der Waals surface area (Å²) in [6.07, 6.45) is 0.0977. The van der Waals surface area contributed by atoms with Gasteiger partial charge >= 0.3 is 0 Å². The van der Waals surface area contributed by atoms with Crippen molar-refractivity contribution < 1.29 is 8.42 Å². The van der Waals surface area contributed by atoms with Gasteiger partial charge in [0.15, 0.2) is 0 Å². The lowest BCUT2D eigenvalue weighted by Crippen LogP contribution is -2.27. The van der Waals surface area contributed by atoms with Crippen molar-refractivity contribution in [3.05, 3.63) is 0 Å². The number of hydrogen-bond acceptors (Lipinski definition) is 3. The number of nitrogens with one attached hydrogen (secondary N) is 1. The summed E-state index contributed by atoms with van der Waals surface area (Å²) < 4.78 is 23.1. The molecule has 0 bridgehead atoms. The minimum absolute atomic E-state index is 0.0880. The van der Waals surface area contributed by atoms with Crippen LogP contribution in [0, 0.1) is 5.41 Å². The van der Waals surface area contributed by atoms with E-state index in [0.29, 0.717) is 0 Å². The molecule has 0 fully saturated rings. The summed E-state index contributed by atoms with van der Waals surface area (Å²) >= 11 is 0. The lowest BCUT2D eigenvalue weighted by atomic mass is 10.5. The molecule has 0 aliphatic rings. The Kier molecular flexibility index (Phi) is 3.47. The van der Waals surface area contributed by atoms with Crippen LogP contribution in [0.4, 0.5) is 0 Å². The molecule has 0 spiro atoms. The number of amidine groups is 1. The molecule has 5 nitrogen and oxygen atoms in total. The molecule has 0 aromatic rings. The second kappa shape index (κ2) is 3.68. The van der Waals surface area contributed by atoms with E-state index in [1.165, 1.54) is 14.1 Å². The van der Waals surface area contributed by atoms with E-state index in [2.05, 4.69) is 0 Å². The van der Waals surface area contributed by atoms with Crippen LogP contribution < -0.4 is 5.73 Å². The van der Waals surface area contributed by atoms with Crippen LogP contribution >= 0.6 is 0 Å². The molecule has 0 aliphatic heterocycles. The molecule has 3 N–H and O–H groups in total. The van der Waals surface area contributed by atoms with E-state index in [1.807, 2.05) is 0 Å². The Morgan fingerprint density at radius 2 is 2.00 bits per heavy atom. The number of sulfonamides is 1. The van der Waals surface area contributed by atoms with E-state index in [-0.39, 0.29) is 18.0 Å². The van der Waals surface area contributed by atoms with Gasteiger partial charge < -0.3 is 5.73 Å². The Bertz CT molecular complexity index is 232. The van der Waals surface area contributed by atoms with Gasteiger partial charge in [0.2, 0.25) is 10.0 Å². The van der Waals surface area contributed by atoms with Crippen molar-refractivity contribution in [1.29, 1.82) is 5.41 Å². The summed E-state index contributed by atoms with van der Waals surface area (Å²) in [5, 5.41) is 6.81. The molecule has 0 radical (unpaired) electrons. The molecule has 0 aromatic carbocycles. The number of rotatable bonds is 4. The third-order valence-corrected chi connectivity index (χ3v) is 3.02. The highest BCUT2D eigenvalue weighted by molar-refractivity contribution is 7.89. The third kappa shape index (κ3) is 3.94. The maximum Gasteiger partial charge on any atom is 0.214 e. The van der Waals surface area contributed by atoms with Gasteiger partial charge in [0.1, 0.15) is 0 Å². The molecular weight excluding hydrogens is 166 g/mol. The summed E-state index contributed by atoms with van der Waals surface area (Å²) in [4.78, 5) is 0. The largest absolute Gasteiger partial charge is 0.388 e. The summed E-state index contributed by atoms with van der Waals surface area (Å²) in [5.74, 6) is -0.189. The van der Waals surface area contributed by atoms with Gasteiger partial charge in [0.05, 0.1) is 11.6 Å². The normalized spacial score (nSPS) is 11.9. The quantitative estimate of drug-likeness (QED) is 0.437. The van der Waals surface area contributed by atoms with Crippen LogP contribution in [-0.4, -0.2) is 38.4 Å². The molecule has 0 unspecified atom stereocenters. The predicted octanol–water partition coefficient (Wildman–Crippen LogP) is -0.796. The first-order valence-electron chi connectivity index (χ1n) is 3.09. The van der Waals surface area contributed by atoms with Gasteiger partial charge in [-0.15, -0.1) is 0 Å². The fourth-order valence-electron chi connectivity index (χ4n) is 0.422. The summed E-state index contributed by atoms with van der Waals surface area (Å²) in [6.45, 7) is 0. The van der Waals surface area contributed by atoms with Crippen molar-refractivity contribution in [1.82, 2.24) is 4.31 Å². The Morgan fingerprint density at radius 1 is 1.55 bits per heavy atom. The van der Waals surface area contributed by atoms with Crippen molar-refractivity contribution in [2.75, 3.05) is 19.8 Å². The monoisotopic (exact) mass is 179 g/mol. The maximum absolute atomic E-state index is 11.0. The van der Waals surface area contributed by atoms with E-state index in [9.17, 15) is 8.42 Å². The van der Waals surface area contributed by atoms with Crippen molar-refractivity contribution in [3.63, 3.8) is 0 Å². The van der Waals surface area contributed by atoms with E-state index < -0.39 is 10.0 Å². The second-order valence-electron chi connectivity index (χ2n) is 2.37. The lowest BCUT2D eigenvalue weighted by molar-refractivity contribution is 0.521. The predicted molar refractivity (Wildman–Crippen MR) is 44.0 cm³/mol. The molecule has 0 aromatic heterocycles. The molecule has 66 valence electrons. The average molecular weight is 179 g/mol. The van der Waals surface area contributed by atoms with Crippen LogP contribution in [0.1, 0.15) is 6.42 Å². The molecule has 0 saturated heterocycles. The van der Waals surface area contributed by atoms with Gasteiger partial charge in [0, 0.05) is 20.5 Å². The highest BCUT2D eigenvalue weighted by atomic mass is 32.2. The highest BCUT2D eigenvalue weighted by Gasteiger charge is 2.12. The summed E-state index contributed by atoms with van der Waals surface area (Å²) in [5.41, 5.74) is 5.00. The van der Waals surface area contributed by atoms with E-state index in [0.717, 1.165) is 4.31 Å². The third-order valence-electron chi connectivity index (χ3n) is 1.19. The van der Waals surface area contributed by atoms with Crippen molar-refractivity contribution in [2.24, 2.45) is 5.73 Å². The number of nitrogens with zero attached hydrogens (tertiary/aromatic N) is 1. The van der Waals surface area contributed by atoms with Gasteiger partial charge in [-0.3, -0.25) is 5.41 Å². The maximum atomic E-state index is 11.0. The average Bonchev–Trinajstić information content (AvgIpc) is 1.84. The van der Waals surface area contributed by atoms with Crippen LogP contribution in [0.5, 0.6) is 0 Å². The van der Waals surface area contributed by atoms with Crippen molar-refractivity contribution in [2.45, 2.75) is 6.42 Å².